The molecule has 8 heteroatoms. The van der Waals surface area contributed by atoms with Gasteiger partial charge in [0.2, 0.25) is 0 Å². The molecule has 0 radical (unpaired) electrons. The van der Waals surface area contributed by atoms with Crippen molar-refractivity contribution in [3.05, 3.63) is 0 Å². The van der Waals surface area contributed by atoms with Crippen molar-refractivity contribution in [3.63, 3.8) is 0 Å². The zero-order valence-corrected chi connectivity index (χ0v) is 11.4. The predicted molar refractivity (Wildman–Crippen MR) is 66.2 cm³/mol. The van der Waals surface area contributed by atoms with E-state index in [1.807, 2.05) is 0 Å². The topological polar surface area (TPSA) is 70.6 Å². The van der Waals surface area contributed by atoms with Crippen LogP contribution in [-0.2, 0) is 4.74 Å². The summed E-state index contributed by atoms with van der Waals surface area (Å²) < 4.78 is 42.5. The van der Waals surface area contributed by atoms with Crippen LogP contribution in [0.25, 0.3) is 0 Å². The highest BCUT2D eigenvalue weighted by Gasteiger charge is 2.42. The van der Waals surface area contributed by atoms with Crippen molar-refractivity contribution in [2.75, 3.05) is 20.3 Å². The summed E-state index contributed by atoms with van der Waals surface area (Å²) in [5.41, 5.74) is 0. The van der Waals surface area contributed by atoms with Crippen molar-refractivity contribution in [2.45, 2.75) is 44.0 Å². The molecule has 20 heavy (non-hydrogen) atoms. The molecule has 0 aliphatic heterocycles. The first-order valence-corrected chi connectivity index (χ1v) is 6.61. The summed E-state index contributed by atoms with van der Waals surface area (Å²) in [4.78, 5) is 11.5. The van der Waals surface area contributed by atoms with E-state index in [1.54, 1.807) is 0 Å². The van der Waals surface area contributed by atoms with Crippen LogP contribution in [0.5, 0.6) is 0 Å². The van der Waals surface area contributed by atoms with Crippen LogP contribution in [0.3, 0.4) is 0 Å². The number of alkyl halides is 3. The number of nitrogens with one attached hydrogen (secondary N) is 2. The van der Waals surface area contributed by atoms with Crippen LogP contribution < -0.4 is 10.6 Å². The molecule has 3 unspecified atom stereocenters. The summed E-state index contributed by atoms with van der Waals surface area (Å²) in [6.07, 6.45) is -4.01. The van der Waals surface area contributed by atoms with Crippen molar-refractivity contribution >= 4 is 6.03 Å². The summed E-state index contributed by atoms with van der Waals surface area (Å²) in [6, 6.07) is -1.04. The van der Waals surface area contributed by atoms with E-state index in [1.165, 1.54) is 7.11 Å². The number of hydrogen-bond donors (Lipinski definition) is 3. The largest absolute Gasteiger partial charge is 0.391 e. The number of halogens is 3. The van der Waals surface area contributed by atoms with Gasteiger partial charge < -0.3 is 20.5 Å². The third-order valence-electron chi connectivity index (χ3n) is 3.33. The molecule has 3 N–H and O–H groups in total. The summed E-state index contributed by atoms with van der Waals surface area (Å²) in [5, 5.41) is 14.3. The van der Waals surface area contributed by atoms with Gasteiger partial charge in [0.05, 0.1) is 18.6 Å². The van der Waals surface area contributed by atoms with Gasteiger partial charge in [-0.05, 0) is 19.3 Å². The molecular formula is C12H21F3N2O3. The third-order valence-corrected chi connectivity index (χ3v) is 3.33. The number of rotatable bonds is 5. The zero-order valence-electron chi connectivity index (χ0n) is 11.4. The molecule has 3 atom stereocenters. The number of hydrogen-bond acceptors (Lipinski definition) is 3. The van der Waals surface area contributed by atoms with Gasteiger partial charge in [-0.2, -0.15) is 13.2 Å². The lowest BCUT2D eigenvalue weighted by molar-refractivity contribution is -0.183. The molecule has 0 spiro atoms. The second kappa shape index (κ2) is 7.68. The standard InChI is InChI=1S/C12H21F3N2O3/c1-20-7-10(18)6-16-11(19)17-9-4-2-3-8(5-9)12(13,14)15/h8-10,18H,2-7H2,1H3,(H2,16,17,19). The smallest absolute Gasteiger partial charge is 0.389 e. The molecule has 1 fully saturated rings. The molecule has 118 valence electrons. The highest BCUT2D eigenvalue weighted by atomic mass is 19.4. The Labute approximate surface area is 115 Å². The summed E-state index contributed by atoms with van der Waals surface area (Å²) in [7, 11) is 1.42. The van der Waals surface area contributed by atoms with Crippen LogP contribution >= 0.6 is 0 Å². The molecule has 0 bridgehead atoms. The SMILES string of the molecule is COCC(O)CNC(=O)NC1CCCC(C(F)(F)F)C1. The van der Waals surface area contributed by atoms with Crippen LogP contribution in [0.1, 0.15) is 25.7 Å². The number of aliphatic hydroxyl groups is 1. The number of urea groups is 1. The lowest BCUT2D eigenvalue weighted by atomic mass is 9.85. The molecule has 0 aromatic carbocycles. The molecule has 0 saturated heterocycles. The van der Waals surface area contributed by atoms with E-state index in [0.29, 0.717) is 12.8 Å². The fourth-order valence-corrected chi connectivity index (χ4v) is 2.32. The Morgan fingerprint density at radius 3 is 2.75 bits per heavy atom. The molecule has 1 saturated carbocycles. The van der Waals surface area contributed by atoms with Crippen LogP contribution in [0.4, 0.5) is 18.0 Å². The molecule has 1 rings (SSSR count). The summed E-state index contributed by atoms with van der Waals surface area (Å²) in [5.74, 6) is -1.35. The monoisotopic (exact) mass is 298 g/mol. The number of amides is 2. The number of methoxy groups -OCH3 is 1. The summed E-state index contributed by atoms with van der Waals surface area (Å²) in [6.45, 7) is 0.0783. The average Bonchev–Trinajstić information content (AvgIpc) is 2.36. The lowest BCUT2D eigenvalue weighted by Gasteiger charge is -2.31. The number of carbonyl (C=O) groups is 1. The van der Waals surface area contributed by atoms with Crippen LogP contribution in [-0.4, -0.2) is 49.7 Å². The van der Waals surface area contributed by atoms with Gasteiger partial charge in [-0.3, -0.25) is 0 Å². The van der Waals surface area contributed by atoms with Crippen molar-refractivity contribution < 1.29 is 27.8 Å². The van der Waals surface area contributed by atoms with Gasteiger partial charge in [-0.1, -0.05) is 6.42 Å². The first-order chi connectivity index (χ1) is 9.32. The predicted octanol–water partition coefficient (Wildman–Crippen LogP) is 1.41. The minimum atomic E-state index is -4.20. The quantitative estimate of drug-likeness (QED) is 0.719. The highest BCUT2D eigenvalue weighted by molar-refractivity contribution is 5.74. The van der Waals surface area contributed by atoms with Gasteiger partial charge in [0.25, 0.3) is 0 Å². The highest BCUT2D eigenvalue weighted by Crippen LogP contribution is 2.37. The Bertz CT molecular complexity index is 313. The maximum atomic E-state index is 12.6. The van der Waals surface area contributed by atoms with E-state index in [0.717, 1.165) is 0 Å². The van der Waals surface area contributed by atoms with Crippen LogP contribution in [0.2, 0.25) is 0 Å². The van der Waals surface area contributed by atoms with E-state index in [4.69, 9.17) is 4.74 Å². The second-order valence-corrected chi connectivity index (χ2v) is 5.07. The Kier molecular flexibility index (Phi) is 6.54. The Morgan fingerprint density at radius 2 is 2.15 bits per heavy atom. The minimum Gasteiger partial charge on any atom is -0.389 e. The molecular weight excluding hydrogens is 277 g/mol. The third kappa shape index (κ3) is 5.96. The van der Waals surface area contributed by atoms with Gasteiger partial charge in [0.15, 0.2) is 0 Å². The van der Waals surface area contributed by atoms with E-state index < -0.39 is 30.3 Å². The Hall–Kier alpha value is -1.02. The Morgan fingerprint density at radius 1 is 1.45 bits per heavy atom. The second-order valence-electron chi connectivity index (χ2n) is 5.07. The first kappa shape index (κ1) is 17.0. The fourth-order valence-electron chi connectivity index (χ4n) is 2.32. The number of aliphatic hydroxyl groups excluding tert-OH is 1. The van der Waals surface area contributed by atoms with Gasteiger partial charge in [0, 0.05) is 19.7 Å². The number of ether oxygens (including phenoxy) is 1. The van der Waals surface area contributed by atoms with E-state index in [-0.39, 0.29) is 26.0 Å². The molecule has 0 aromatic heterocycles. The molecule has 1 aliphatic carbocycles. The van der Waals surface area contributed by atoms with Gasteiger partial charge >= 0.3 is 12.2 Å². The van der Waals surface area contributed by atoms with Crippen molar-refractivity contribution in [1.29, 1.82) is 0 Å². The molecule has 5 nitrogen and oxygen atoms in total. The first-order valence-electron chi connectivity index (χ1n) is 6.61. The van der Waals surface area contributed by atoms with E-state index >= 15 is 0 Å². The van der Waals surface area contributed by atoms with Gasteiger partial charge in [0.1, 0.15) is 0 Å². The van der Waals surface area contributed by atoms with Gasteiger partial charge in [-0.25, -0.2) is 4.79 Å². The van der Waals surface area contributed by atoms with Crippen LogP contribution in [0, 0.1) is 5.92 Å². The zero-order chi connectivity index (χ0) is 15.2. The molecule has 0 heterocycles. The maximum Gasteiger partial charge on any atom is 0.391 e. The van der Waals surface area contributed by atoms with E-state index in [9.17, 15) is 23.1 Å². The van der Waals surface area contributed by atoms with E-state index in [2.05, 4.69) is 10.6 Å². The van der Waals surface area contributed by atoms with Crippen molar-refractivity contribution in [2.24, 2.45) is 5.92 Å². The molecule has 1 aliphatic rings. The van der Waals surface area contributed by atoms with Crippen LogP contribution in [0.15, 0.2) is 0 Å². The lowest BCUT2D eigenvalue weighted by Crippen LogP contribution is -2.47. The average molecular weight is 298 g/mol. The molecule has 0 aromatic rings. The maximum absolute atomic E-state index is 12.6. The van der Waals surface area contributed by atoms with Gasteiger partial charge in [-0.15, -0.1) is 0 Å². The normalized spacial score (nSPS) is 25.1. The van der Waals surface area contributed by atoms with Crippen molar-refractivity contribution in [1.82, 2.24) is 10.6 Å². The fraction of sp³-hybridized carbons (Fsp3) is 0.917. The minimum absolute atomic E-state index is 0.00487. The number of carbonyl (C=O) groups excluding carboxylic acids is 1. The van der Waals surface area contributed by atoms with Crippen molar-refractivity contribution in [3.8, 4) is 0 Å². The molecule has 2 amide bonds. The summed E-state index contributed by atoms with van der Waals surface area (Å²) >= 11 is 0. The Balaban J connectivity index is 2.31.